The minimum Gasteiger partial charge on any atom is -0.382 e. The maximum atomic E-state index is 12.3. The van der Waals surface area contributed by atoms with Gasteiger partial charge in [-0.25, -0.2) is 0 Å². The highest BCUT2D eigenvalue weighted by molar-refractivity contribution is 6.05. The highest BCUT2D eigenvalue weighted by atomic mass is 16.6. The minimum absolute atomic E-state index is 0.169. The van der Waals surface area contributed by atoms with Crippen LogP contribution in [0.4, 0.5) is 5.95 Å². The van der Waals surface area contributed by atoms with Crippen molar-refractivity contribution in [2.24, 2.45) is 5.16 Å². The average Bonchev–Trinajstić information content (AvgIpc) is 3.33. The summed E-state index contributed by atoms with van der Waals surface area (Å²) in [5, 5.41) is 13.4. The normalized spacial score (nSPS) is 16.2. The third-order valence-corrected chi connectivity index (χ3v) is 3.70. The number of hydrogen-bond donors (Lipinski definition) is 2. The van der Waals surface area contributed by atoms with Crippen LogP contribution in [0.15, 0.2) is 59.9 Å². The van der Waals surface area contributed by atoms with Crippen molar-refractivity contribution in [3.63, 3.8) is 0 Å². The van der Waals surface area contributed by atoms with E-state index in [1.54, 1.807) is 12.3 Å². The number of amides is 1. The second-order valence-electron chi connectivity index (χ2n) is 5.41. The van der Waals surface area contributed by atoms with Crippen molar-refractivity contribution < 1.29 is 9.63 Å². The molecule has 1 atom stereocenters. The number of carbonyl (C=O) groups is 1. The van der Waals surface area contributed by atoms with E-state index in [2.05, 4.69) is 30.6 Å². The molecule has 0 aliphatic carbocycles. The first-order valence-electron chi connectivity index (χ1n) is 7.72. The van der Waals surface area contributed by atoms with Crippen LogP contribution in [0.2, 0.25) is 0 Å². The molecule has 0 radical (unpaired) electrons. The van der Waals surface area contributed by atoms with Gasteiger partial charge in [-0.15, -0.1) is 5.10 Å². The van der Waals surface area contributed by atoms with Gasteiger partial charge >= 0.3 is 0 Å². The van der Waals surface area contributed by atoms with Crippen LogP contribution < -0.4 is 5.32 Å². The molecular weight excluding hydrogens is 320 g/mol. The molecule has 1 aliphatic heterocycles. The summed E-state index contributed by atoms with van der Waals surface area (Å²) in [5.74, 6) is 0.299. The summed E-state index contributed by atoms with van der Waals surface area (Å²) >= 11 is 0. The monoisotopic (exact) mass is 334 g/mol. The largest absolute Gasteiger partial charge is 0.382 e. The van der Waals surface area contributed by atoms with Crippen molar-refractivity contribution in [2.75, 3.05) is 5.32 Å². The topological polar surface area (TPSA) is 105 Å². The molecule has 2 N–H and O–H groups in total. The molecule has 8 nitrogen and oxygen atoms in total. The van der Waals surface area contributed by atoms with Gasteiger partial charge in [-0.3, -0.25) is 20.2 Å². The van der Waals surface area contributed by atoms with Crippen molar-refractivity contribution in [3.05, 3.63) is 60.3 Å². The number of nitrogens with one attached hydrogen (secondary N) is 2. The van der Waals surface area contributed by atoms with Crippen LogP contribution >= 0.6 is 0 Å². The molecule has 0 saturated carbocycles. The van der Waals surface area contributed by atoms with Gasteiger partial charge in [0.1, 0.15) is 5.69 Å². The summed E-state index contributed by atoms with van der Waals surface area (Å²) in [6.45, 7) is 0. The number of aromatic nitrogens is 4. The molecule has 2 aromatic heterocycles. The zero-order chi connectivity index (χ0) is 17.1. The molecule has 8 heteroatoms. The lowest BCUT2D eigenvalue weighted by Crippen LogP contribution is -2.28. The summed E-state index contributed by atoms with van der Waals surface area (Å²) in [6, 6.07) is 15.1. The van der Waals surface area contributed by atoms with E-state index in [9.17, 15) is 4.79 Å². The SMILES string of the molecule is O=C(Nc1n[nH]c(-c2ccccn2)n1)[C@H]1CC(c2ccccc2)=NO1. The third-order valence-electron chi connectivity index (χ3n) is 3.70. The number of hydrogen-bond acceptors (Lipinski definition) is 6. The van der Waals surface area contributed by atoms with Crippen molar-refractivity contribution in [1.29, 1.82) is 0 Å². The maximum Gasteiger partial charge on any atom is 0.271 e. The van der Waals surface area contributed by atoms with E-state index in [1.165, 1.54) is 0 Å². The third kappa shape index (κ3) is 3.23. The summed E-state index contributed by atoms with van der Waals surface area (Å²) in [5.41, 5.74) is 2.32. The van der Waals surface area contributed by atoms with Crippen LogP contribution in [0.25, 0.3) is 11.5 Å². The predicted octanol–water partition coefficient (Wildman–Crippen LogP) is 2.00. The van der Waals surface area contributed by atoms with Crippen LogP contribution in [-0.2, 0) is 9.63 Å². The Labute approximate surface area is 143 Å². The van der Waals surface area contributed by atoms with E-state index in [0.29, 0.717) is 17.9 Å². The van der Waals surface area contributed by atoms with Gasteiger partial charge in [0, 0.05) is 12.6 Å². The Bertz CT molecular complexity index is 907. The number of nitrogens with zero attached hydrogens (tertiary/aromatic N) is 4. The number of pyridine rings is 1. The smallest absolute Gasteiger partial charge is 0.271 e. The Kier molecular flexibility index (Phi) is 3.91. The van der Waals surface area contributed by atoms with Crippen LogP contribution in [0.1, 0.15) is 12.0 Å². The second kappa shape index (κ2) is 6.52. The van der Waals surface area contributed by atoms with E-state index in [1.807, 2.05) is 42.5 Å². The fraction of sp³-hybridized carbons (Fsp3) is 0.118. The average molecular weight is 334 g/mol. The molecule has 1 aromatic carbocycles. The molecule has 0 bridgehead atoms. The molecule has 3 heterocycles. The lowest BCUT2D eigenvalue weighted by molar-refractivity contribution is -0.125. The number of anilines is 1. The van der Waals surface area contributed by atoms with Crippen LogP contribution in [0.5, 0.6) is 0 Å². The summed E-state index contributed by atoms with van der Waals surface area (Å²) < 4.78 is 0. The van der Waals surface area contributed by atoms with E-state index in [4.69, 9.17) is 4.84 Å². The van der Waals surface area contributed by atoms with Crippen molar-refractivity contribution >= 4 is 17.6 Å². The van der Waals surface area contributed by atoms with Crippen molar-refractivity contribution in [1.82, 2.24) is 20.2 Å². The Balaban J connectivity index is 1.40. The highest BCUT2D eigenvalue weighted by Crippen LogP contribution is 2.18. The minimum atomic E-state index is -0.702. The molecule has 124 valence electrons. The molecule has 4 rings (SSSR count). The van der Waals surface area contributed by atoms with E-state index < -0.39 is 6.10 Å². The Morgan fingerprint density at radius 1 is 1.16 bits per heavy atom. The molecule has 1 aliphatic rings. The Hall–Kier alpha value is -3.55. The number of oxime groups is 1. The van der Waals surface area contributed by atoms with E-state index >= 15 is 0 Å². The second-order valence-corrected chi connectivity index (χ2v) is 5.41. The van der Waals surface area contributed by atoms with Crippen molar-refractivity contribution in [2.45, 2.75) is 12.5 Å². The zero-order valence-corrected chi connectivity index (χ0v) is 13.1. The lowest BCUT2D eigenvalue weighted by atomic mass is 10.1. The van der Waals surface area contributed by atoms with E-state index in [-0.39, 0.29) is 11.9 Å². The van der Waals surface area contributed by atoms with Gasteiger partial charge in [-0.05, 0) is 17.7 Å². The molecule has 0 fully saturated rings. The highest BCUT2D eigenvalue weighted by Gasteiger charge is 2.29. The zero-order valence-electron chi connectivity index (χ0n) is 13.1. The molecule has 1 amide bonds. The number of carbonyl (C=O) groups excluding carboxylic acids is 1. The Morgan fingerprint density at radius 3 is 2.80 bits per heavy atom. The molecule has 3 aromatic rings. The molecule has 0 spiro atoms. The molecular formula is C17H14N6O2. The van der Waals surface area contributed by atoms with Gasteiger partial charge in [-0.2, -0.15) is 4.98 Å². The van der Waals surface area contributed by atoms with E-state index in [0.717, 1.165) is 11.3 Å². The molecule has 25 heavy (non-hydrogen) atoms. The number of rotatable bonds is 4. The van der Waals surface area contributed by atoms with Crippen LogP contribution in [0.3, 0.4) is 0 Å². The molecule has 0 saturated heterocycles. The first-order valence-corrected chi connectivity index (χ1v) is 7.72. The number of aromatic amines is 1. The summed E-state index contributed by atoms with van der Waals surface area (Å²) in [6.07, 6.45) is 1.35. The fourth-order valence-electron chi connectivity index (χ4n) is 2.44. The number of benzene rings is 1. The number of H-pyrrole nitrogens is 1. The van der Waals surface area contributed by atoms with Crippen LogP contribution in [0, 0.1) is 0 Å². The van der Waals surface area contributed by atoms with Gasteiger partial charge in [0.05, 0.1) is 5.71 Å². The lowest BCUT2D eigenvalue weighted by Gasteiger charge is -2.06. The van der Waals surface area contributed by atoms with Gasteiger partial charge in [-0.1, -0.05) is 41.6 Å². The first-order chi connectivity index (χ1) is 12.3. The predicted molar refractivity (Wildman–Crippen MR) is 90.7 cm³/mol. The standard InChI is InChI=1S/C17H14N6O2/c24-16(14-10-13(23-25-14)11-6-2-1-3-7-11)20-17-19-15(21-22-17)12-8-4-5-9-18-12/h1-9,14H,10H2,(H2,19,20,21,22,24)/t14-/m1/s1. The fourth-order valence-corrected chi connectivity index (χ4v) is 2.44. The maximum absolute atomic E-state index is 12.3. The van der Waals surface area contributed by atoms with Crippen LogP contribution in [-0.4, -0.2) is 37.9 Å². The van der Waals surface area contributed by atoms with Gasteiger partial charge < -0.3 is 4.84 Å². The summed E-state index contributed by atoms with van der Waals surface area (Å²) in [7, 11) is 0. The Morgan fingerprint density at radius 2 is 2.00 bits per heavy atom. The van der Waals surface area contributed by atoms with Crippen molar-refractivity contribution in [3.8, 4) is 11.5 Å². The van der Waals surface area contributed by atoms with Gasteiger partial charge in [0.15, 0.2) is 5.82 Å². The van der Waals surface area contributed by atoms with Gasteiger partial charge in [0.25, 0.3) is 5.91 Å². The summed E-state index contributed by atoms with van der Waals surface area (Å²) in [4.78, 5) is 25.9. The van der Waals surface area contributed by atoms with Gasteiger partial charge in [0.2, 0.25) is 12.1 Å². The molecule has 0 unspecified atom stereocenters. The first kappa shape index (κ1) is 15.0. The quantitative estimate of drug-likeness (QED) is 0.759.